The van der Waals surface area contributed by atoms with E-state index in [2.05, 4.69) is 0 Å². The quantitative estimate of drug-likeness (QED) is 0.607. The molecule has 0 saturated carbocycles. The molecule has 1 fully saturated rings. The van der Waals surface area contributed by atoms with Crippen LogP contribution in [0.15, 0.2) is 72.8 Å². The second-order valence-corrected chi connectivity index (χ2v) is 8.63. The topological polar surface area (TPSA) is 112 Å². The number of imide groups is 1. The third-order valence-electron chi connectivity index (χ3n) is 7.33. The Morgan fingerprint density at radius 1 is 0.758 bits per heavy atom. The minimum Gasteiger partial charge on any atom is -0.480 e. The first-order chi connectivity index (χ1) is 15.9. The van der Waals surface area contributed by atoms with Crippen LogP contribution >= 0.6 is 0 Å². The summed E-state index contributed by atoms with van der Waals surface area (Å²) < 4.78 is 0. The number of anilines is 1. The van der Waals surface area contributed by atoms with Crippen molar-refractivity contribution in [1.29, 1.82) is 0 Å². The molecule has 2 atom stereocenters. The second kappa shape index (κ2) is 6.38. The molecule has 3 aromatic carbocycles. The van der Waals surface area contributed by atoms with Crippen molar-refractivity contribution in [3.63, 3.8) is 0 Å². The van der Waals surface area contributed by atoms with E-state index in [0.29, 0.717) is 11.1 Å². The molecule has 0 aromatic heterocycles. The molecule has 2 N–H and O–H groups in total. The molecule has 7 rings (SSSR count). The second-order valence-electron chi connectivity index (χ2n) is 8.63. The number of nitrogens with zero attached hydrogens (tertiary/aromatic N) is 1. The van der Waals surface area contributed by atoms with Crippen LogP contribution in [0.25, 0.3) is 0 Å². The number of hydrogen-bond acceptors (Lipinski definition) is 4. The fraction of sp³-hybridized carbons (Fsp3) is 0.154. The molecule has 1 saturated heterocycles. The van der Waals surface area contributed by atoms with Crippen molar-refractivity contribution in [3.8, 4) is 0 Å². The summed E-state index contributed by atoms with van der Waals surface area (Å²) in [5.41, 5.74) is 1.18. The van der Waals surface area contributed by atoms with Gasteiger partial charge in [0.05, 0.1) is 23.1 Å². The van der Waals surface area contributed by atoms with Crippen LogP contribution in [-0.2, 0) is 19.8 Å². The molecule has 2 amide bonds. The Labute approximate surface area is 187 Å². The van der Waals surface area contributed by atoms with Gasteiger partial charge < -0.3 is 10.2 Å². The van der Waals surface area contributed by atoms with Gasteiger partial charge in [-0.05, 0) is 46.5 Å². The van der Waals surface area contributed by atoms with Gasteiger partial charge in [0.25, 0.3) is 0 Å². The van der Waals surface area contributed by atoms with Crippen LogP contribution in [0.3, 0.4) is 0 Å². The van der Waals surface area contributed by atoms with Crippen LogP contribution in [0, 0.1) is 11.8 Å². The average Bonchev–Trinajstić information content (AvgIpc) is 3.09. The van der Waals surface area contributed by atoms with Crippen molar-refractivity contribution in [2.24, 2.45) is 11.8 Å². The minimum atomic E-state index is -1.69. The van der Waals surface area contributed by atoms with Crippen LogP contribution in [0.5, 0.6) is 0 Å². The highest BCUT2D eigenvalue weighted by Gasteiger charge is 2.71. The van der Waals surface area contributed by atoms with Gasteiger partial charge in [-0.2, -0.15) is 0 Å². The highest BCUT2D eigenvalue weighted by molar-refractivity contribution is 6.25. The van der Waals surface area contributed by atoms with Gasteiger partial charge in [-0.1, -0.05) is 48.5 Å². The Morgan fingerprint density at radius 2 is 1.30 bits per heavy atom. The molecule has 1 heterocycles. The van der Waals surface area contributed by atoms with Crippen molar-refractivity contribution in [2.45, 2.75) is 11.3 Å². The Kier molecular flexibility index (Phi) is 3.76. The molecule has 0 radical (unpaired) electrons. The maximum atomic E-state index is 13.8. The molecule has 7 nitrogen and oxygen atoms in total. The zero-order chi connectivity index (χ0) is 23.1. The largest absolute Gasteiger partial charge is 0.480 e. The van der Waals surface area contributed by atoms with Crippen molar-refractivity contribution in [3.05, 3.63) is 101 Å². The number of carboxylic acid groups (broad SMARTS) is 2. The summed E-state index contributed by atoms with van der Waals surface area (Å²) >= 11 is 0. The van der Waals surface area contributed by atoms with Gasteiger partial charge >= 0.3 is 11.9 Å². The van der Waals surface area contributed by atoms with Gasteiger partial charge in [0, 0.05) is 5.92 Å². The summed E-state index contributed by atoms with van der Waals surface area (Å²) in [5.74, 6) is -5.74. The lowest BCUT2D eigenvalue weighted by molar-refractivity contribution is -0.149. The van der Waals surface area contributed by atoms with Crippen LogP contribution in [0.2, 0.25) is 0 Å². The zero-order valence-electron chi connectivity index (χ0n) is 17.1. The molecule has 7 heteroatoms. The van der Waals surface area contributed by atoms with E-state index in [1.54, 1.807) is 24.3 Å². The molecule has 3 aliphatic carbocycles. The SMILES string of the molecule is O=C(O)c1ccc(N2C(=O)[C@H]3C4c5ccccc5C(C(=O)O)(c5ccccc54)[C@H]3C2=O)cc1. The maximum Gasteiger partial charge on any atom is 0.335 e. The summed E-state index contributed by atoms with van der Waals surface area (Å²) in [5, 5.41) is 19.8. The number of aromatic carboxylic acids is 1. The number of amides is 2. The van der Waals surface area contributed by atoms with Crippen LogP contribution in [0.4, 0.5) is 5.69 Å². The van der Waals surface area contributed by atoms with E-state index in [-0.39, 0.29) is 11.3 Å². The summed E-state index contributed by atoms with van der Waals surface area (Å²) in [6.07, 6.45) is 0. The average molecular weight is 439 g/mol. The summed E-state index contributed by atoms with van der Waals surface area (Å²) in [4.78, 5) is 52.9. The molecule has 0 unspecified atom stereocenters. The number of carbonyl (C=O) groups excluding carboxylic acids is 2. The third kappa shape index (κ3) is 2.18. The van der Waals surface area contributed by atoms with Gasteiger partial charge in [-0.25, -0.2) is 9.69 Å². The molecule has 2 bridgehead atoms. The Morgan fingerprint density at radius 3 is 1.82 bits per heavy atom. The first kappa shape index (κ1) is 19.4. The number of carbonyl (C=O) groups is 4. The van der Waals surface area contributed by atoms with Gasteiger partial charge in [-0.3, -0.25) is 14.4 Å². The van der Waals surface area contributed by atoms with Crippen molar-refractivity contribution >= 4 is 29.4 Å². The highest BCUT2D eigenvalue weighted by Crippen LogP contribution is 2.64. The predicted molar refractivity (Wildman–Crippen MR) is 116 cm³/mol. The van der Waals surface area contributed by atoms with Crippen LogP contribution in [0.1, 0.15) is 38.5 Å². The lowest BCUT2D eigenvalue weighted by Gasteiger charge is -2.51. The fourth-order valence-electron chi connectivity index (χ4n) is 6.14. The smallest absolute Gasteiger partial charge is 0.335 e. The molecular formula is C26H17NO6. The van der Waals surface area contributed by atoms with E-state index in [0.717, 1.165) is 16.0 Å². The zero-order valence-corrected chi connectivity index (χ0v) is 17.1. The van der Waals surface area contributed by atoms with Crippen molar-refractivity contribution in [1.82, 2.24) is 0 Å². The number of benzene rings is 3. The van der Waals surface area contributed by atoms with E-state index in [1.165, 1.54) is 24.3 Å². The minimum absolute atomic E-state index is 0.0251. The van der Waals surface area contributed by atoms with Gasteiger partial charge in [0.15, 0.2) is 0 Å². The first-order valence-electron chi connectivity index (χ1n) is 10.5. The van der Waals surface area contributed by atoms with Gasteiger partial charge in [-0.15, -0.1) is 0 Å². The summed E-state index contributed by atoms with van der Waals surface area (Å²) in [7, 11) is 0. The molecule has 0 spiro atoms. The lowest BCUT2D eigenvalue weighted by Crippen LogP contribution is -2.57. The van der Waals surface area contributed by atoms with Gasteiger partial charge in [0.1, 0.15) is 5.41 Å². The van der Waals surface area contributed by atoms with Gasteiger partial charge in [0.2, 0.25) is 11.8 Å². The van der Waals surface area contributed by atoms with E-state index in [1.807, 2.05) is 24.3 Å². The first-order valence-corrected chi connectivity index (χ1v) is 10.5. The molecule has 1 aliphatic heterocycles. The number of aliphatic carboxylic acids is 1. The molecule has 4 aliphatic rings. The third-order valence-corrected chi connectivity index (χ3v) is 7.33. The van der Waals surface area contributed by atoms with E-state index >= 15 is 0 Å². The molecule has 33 heavy (non-hydrogen) atoms. The van der Waals surface area contributed by atoms with E-state index in [9.17, 15) is 29.4 Å². The fourth-order valence-corrected chi connectivity index (χ4v) is 6.14. The molecular weight excluding hydrogens is 422 g/mol. The predicted octanol–water partition coefficient (Wildman–Crippen LogP) is 3.02. The monoisotopic (exact) mass is 439 g/mol. The van der Waals surface area contributed by atoms with Crippen LogP contribution in [-0.4, -0.2) is 34.0 Å². The van der Waals surface area contributed by atoms with Crippen molar-refractivity contribution in [2.75, 3.05) is 4.90 Å². The van der Waals surface area contributed by atoms with E-state index in [4.69, 9.17) is 0 Å². The number of hydrogen-bond donors (Lipinski definition) is 2. The lowest BCUT2D eigenvalue weighted by atomic mass is 9.47. The molecule has 162 valence electrons. The number of carboxylic acids is 2. The summed E-state index contributed by atoms with van der Waals surface area (Å²) in [6.45, 7) is 0. The van der Waals surface area contributed by atoms with E-state index < -0.39 is 46.9 Å². The highest BCUT2D eigenvalue weighted by atomic mass is 16.4. The van der Waals surface area contributed by atoms with Crippen molar-refractivity contribution < 1.29 is 29.4 Å². The number of rotatable bonds is 3. The Hall–Kier alpha value is -4.26. The molecule has 3 aromatic rings. The van der Waals surface area contributed by atoms with Crippen LogP contribution < -0.4 is 4.90 Å². The summed E-state index contributed by atoms with van der Waals surface area (Å²) in [6, 6.07) is 19.8. The normalized spacial score (nSPS) is 26.5. The Balaban J connectivity index is 1.61. The Bertz CT molecular complexity index is 1340. The standard InChI is InChI=1S/C26H17NO6/c28-22-20-19-15-5-1-3-7-17(15)26(25(32)33,18-8-4-2-6-16(18)19)21(20)23(29)27(22)14-11-9-13(10-12-14)24(30)31/h1-12,19-21H,(H,30,31)(H,32,33)/t19?,20-,21+,26?/m0/s1. The maximum absolute atomic E-state index is 13.8.